The van der Waals surface area contributed by atoms with E-state index in [0.717, 1.165) is 5.56 Å². The summed E-state index contributed by atoms with van der Waals surface area (Å²) in [6.07, 6.45) is -0.904. The van der Waals surface area contributed by atoms with Crippen LogP contribution < -0.4 is 4.74 Å². The van der Waals surface area contributed by atoms with Gasteiger partial charge in [-0.1, -0.05) is 6.07 Å². The molecule has 19 heavy (non-hydrogen) atoms. The lowest BCUT2D eigenvalue weighted by atomic mass is 10.1. The Bertz CT molecular complexity index is 595. The van der Waals surface area contributed by atoms with E-state index in [4.69, 9.17) is 4.74 Å². The molecule has 2 rings (SSSR count). The second-order valence-electron chi connectivity index (χ2n) is 4.39. The van der Waals surface area contributed by atoms with Crippen molar-refractivity contribution in [2.45, 2.75) is 20.0 Å². The van der Waals surface area contributed by atoms with E-state index in [1.165, 1.54) is 31.2 Å². The van der Waals surface area contributed by atoms with Gasteiger partial charge < -0.3 is 9.84 Å². The molecule has 2 aromatic carbocycles. The average Bonchev–Trinajstić information content (AvgIpc) is 2.35. The Hall–Kier alpha value is -1.94. The van der Waals surface area contributed by atoms with Gasteiger partial charge in [0.1, 0.15) is 11.6 Å². The number of aliphatic hydroxyl groups is 1. The number of aryl methyl sites for hydroxylation is 1. The minimum absolute atomic E-state index is 0.0495. The van der Waals surface area contributed by atoms with E-state index in [2.05, 4.69) is 0 Å². The molecule has 100 valence electrons. The van der Waals surface area contributed by atoms with E-state index in [9.17, 15) is 13.9 Å². The minimum Gasteiger partial charge on any atom is -0.454 e. The van der Waals surface area contributed by atoms with Crippen molar-refractivity contribution in [1.82, 2.24) is 0 Å². The number of hydrogen-bond donors (Lipinski definition) is 1. The molecule has 0 saturated heterocycles. The van der Waals surface area contributed by atoms with E-state index in [0.29, 0.717) is 0 Å². The van der Waals surface area contributed by atoms with Crippen LogP contribution in [0.4, 0.5) is 8.78 Å². The van der Waals surface area contributed by atoms with Gasteiger partial charge in [-0.05, 0) is 49.7 Å². The van der Waals surface area contributed by atoms with Crippen LogP contribution in [0.3, 0.4) is 0 Å². The van der Waals surface area contributed by atoms with Gasteiger partial charge in [0.2, 0.25) is 0 Å². The average molecular weight is 264 g/mol. The molecule has 0 radical (unpaired) electrons. The van der Waals surface area contributed by atoms with Crippen molar-refractivity contribution in [3.05, 3.63) is 59.2 Å². The molecule has 1 atom stereocenters. The summed E-state index contributed by atoms with van der Waals surface area (Å²) >= 11 is 0. The molecule has 0 bridgehead atoms. The molecule has 0 aliphatic carbocycles. The van der Waals surface area contributed by atoms with Crippen LogP contribution in [-0.2, 0) is 0 Å². The molecule has 1 N–H and O–H groups in total. The van der Waals surface area contributed by atoms with Crippen molar-refractivity contribution in [1.29, 1.82) is 0 Å². The van der Waals surface area contributed by atoms with Gasteiger partial charge in [-0.25, -0.2) is 8.78 Å². The molecular formula is C15H14F2O2. The monoisotopic (exact) mass is 264 g/mol. The molecule has 2 aromatic rings. The zero-order valence-electron chi connectivity index (χ0n) is 10.7. The molecule has 0 spiro atoms. The summed E-state index contributed by atoms with van der Waals surface area (Å²) in [5.74, 6) is -0.700. The topological polar surface area (TPSA) is 29.5 Å². The maximum absolute atomic E-state index is 13.6. The molecule has 2 nitrogen and oxygen atoms in total. The Morgan fingerprint density at radius 2 is 1.79 bits per heavy atom. The van der Waals surface area contributed by atoms with E-state index in [1.807, 2.05) is 6.92 Å². The molecular weight excluding hydrogens is 250 g/mol. The number of ether oxygens (including phenoxy) is 1. The molecule has 0 aromatic heterocycles. The highest BCUT2D eigenvalue weighted by Crippen LogP contribution is 2.31. The smallest absolute Gasteiger partial charge is 0.165 e. The molecule has 0 aliphatic rings. The third-order valence-corrected chi connectivity index (χ3v) is 2.73. The van der Waals surface area contributed by atoms with Crippen molar-refractivity contribution in [3.8, 4) is 11.5 Å². The van der Waals surface area contributed by atoms with Gasteiger partial charge in [-0.15, -0.1) is 0 Å². The lowest BCUT2D eigenvalue weighted by molar-refractivity contribution is 0.195. The summed E-state index contributed by atoms with van der Waals surface area (Å²) in [5, 5.41) is 9.59. The van der Waals surface area contributed by atoms with Crippen molar-refractivity contribution in [2.24, 2.45) is 0 Å². The highest BCUT2D eigenvalue weighted by molar-refractivity contribution is 5.40. The first kappa shape index (κ1) is 13.5. The third kappa shape index (κ3) is 3.09. The molecule has 0 saturated carbocycles. The highest BCUT2D eigenvalue weighted by atomic mass is 19.1. The van der Waals surface area contributed by atoms with E-state index in [1.54, 1.807) is 12.1 Å². The molecule has 1 unspecified atom stereocenters. The van der Waals surface area contributed by atoms with Gasteiger partial charge in [0.15, 0.2) is 11.6 Å². The number of hydrogen-bond acceptors (Lipinski definition) is 2. The first-order valence-corrected chi connectivity index (χ1v) is 5.89. The van der Waals surface area contributed by atoms with Crippen LogP contribution in [-0.4, -0.2) is 5.11 Å². The lowest BCUT2D eigenvalue weighted by Crippen LogP contribution is -1.98. The first-order chi connectivity index (χ1) is 8.97. The van der Waals surface area contributed by atoms with Crippen LogP contribution in [0.5, 0.6) is 11.5 Å². The van der Waals surface area contributed by atoms with Crippen molar-refractivity contribution in [2.75, 3.05) is 0 Å². The van der Waals surface area contributed by atoms with Crippen LogP contribution in [0.25, 0.3) is 0 Å². The summed E-state index contributed by atoms with van der Waals surface area (Å²) < 4.78 is 32.2. The normalized spacial score (nSPS) is 12.3. The number of halogens is 2. The predicted molar refractivity (Wildman–Crippen MR) is 68.2 cm³/mol. The van der Waals surface area contributed by atoms with Crippen LogP contribution in [0.2, 0.25) is 0 Å². The number of rotatable bonds is 3. The van der Waals surface area contributed by atoms with Crippen LogP contribution in [0, 0.1) is 18.6 Å². The molecule has 0 aliphatic heterocycles. The summed E-state index contributed by atoms with van der Waals surface area (Å²) in [4.78, 5) is 0. The largest absolute Gasteiger partial charge is 0.454 e. The quantitative estimate of drug-likeness (QED) is 0.903. The first-order valence-electron chi connectivity index (χ1n) is 5.89. The van der Waals surface area contributed by atoms with Gasteiger partial charge >= 0.3 is 0 Å². The van der Waals surface area contributed by atoms with Gasteiger partial charge in [0, 0.05) is 5.56 Å². The third-order valence-electron chi connectivity index (χ3n) is 2.73. The molecule has 0 heterocycles. The van der Waals surface area contributed by atoms with E-state index >= 15 is 0 Å². The lowest BCUT2D eigenvalue weighted by Gasteiger charge is -2.14. The van der Waals surface area contributed by atoms with E-state index in [-0.39, 0.29) is 17.1 Å². The fourth-order valence-corrected chi connectivity index (χ4v) is 1.75. The Morgan fingerprint density at radius 1 is 1.05 bits per heavy atom. The van der Waals surface area contributed by atoms with Crippen molar-refractivity contribution in [3.63, 3.8) is 0 Å². The molecule has 0 amide bonds. The van der Waals surface area contributed by atoms with Gasteiger partial charge in [-0.3, -0.25) is 0 Å². The van der Waals surface area contributed by atoms with Crippen molar-refractivity contribution < 1.29 is 18.6 Å². The van der Waals surface area contributed by atoms with Crippen molar-refractivity contribution >= 4 is 0 Å². The maximum Gasteiger partial charge on any atom is 0.165 e. The second kappa shape index (κ2) is 5.36. The number of benzene rings is 2. The van der Waals surface area contributed by atoms with Crippen LogP contribution in [0.15, 0.2) is 36.4 Å². The maximum atomic E-state index is 13.6. The summed E-state index contributed by atoms with van der Waals surface area (Å²) in [5.41, 5.74) is 1.12. The highest BCUT2D eigenvalue weighted by Gasteiger charge is 2.13. The Labute approximate surface area is 110 Å². The Morgan fingerprint density at radius 3 is 2.47 bits per heavy atom. The fourth-order valence-electron chi connectivity index (χ4n) is 1.75. The SMILES string of the molecule is Cc1ccc(F)c(Oc2ccc(F)cc2C(C)O)c1. The van der Waals surface area contributed by atoms with Gasteiger partial charge in [0.05, 0.1) is 6.10 Å². The Kier molecular flexibility index (Phi) is 3.81. The summed E-state index contributed by atoms with van der Waals surface area (Å²) in [6, 6.07) is 8.23. The van der Waals surface area contributed by atoms with Gasteiger partial charge in [0.25, 0.3) is 0 Å². The molecule has 4 heteroatoms. The zero-order chi connectivity index (χ0) is 14.0. The van der Waals surface area contributed by atoms with Gasteiger partial charge in [-0.2, -0.15) is 0 Å². The van der Waals surface area contributed by atoms with E-state index < -0.39 is 17.7 Å². The standard InChI is InChI=1S/C15H14F2O2/c1-9-3-5-13(17)15(7-9)19-14-6-4-11(16)8-12(14)10(2)18/h3-8,10,18H,1-2H3. The predicted octanol–water partition coefficient (Wildman–Crippen LogP) is 4.12. The summed E-state index contributed by atoms with van der Waals surface area (Å²) in [6.45, 7) is 3.31. The molecule has 0 fully saturated rings. The Balaban J connectivity index is 2.40. The fraction of sp³-hybridized carbons (Fsp3) is 0.200. The zero-order valence-corrected chi connectivity index (χ0v) is 10.7. The van der Waals surface area contributed by atoms with Crippen LogP contribution >= 0.6 is 0 Å². The minimum atomic E-state index is -0.904. The summed E-state index contributed by atoms with van der Waals surface area (Å²) in [7, 11) is 0. The number of aliphatic hydroxyl groups excluding tert-OH is 1. The van der Waals surface area contributed by atoms with Crippen LogP contribution in [0.1, 0.15) is 24.2 Å². The second-order valence-corrected chi connectivity index (χ2v) is 4.39.